The van der Waals surface area contributed by atoms with Crippen molar-refractivity contribution in [2.75, 3.05) is 13.7 Å². The van der Waals surface area contributed by atoms with Crippen LogP contribution >= 0.6 is 12.4 Å². The number of rotatable bonds is 7. The molecule has 146 valence electrons. The van der Waals surface area contributed by atoms with Crippen molar-refractivity contribution in [1.29, 1.82) is 0 Å². The molecule has 0 aliphatic heterocycles. The fourth-order valence-corrected chi connectivity index (χ4v) is 3.29. The molecule has 3 atom stereocenters. The van der Waals surface area contributed by atoms with Gasteiger partial charge in [-0.1, -0.05) is 44.2 Å². The highest BCUT2D eigenvalue weighted by Gasteiger charge is 2.63. The average molecular weight is 385 g/mol. The van der Waals surface area contributed by atoms with Crippen LogP contribution in [0, 0.1) is 5.41 Å². The zero-order valence-electron chi connectivity index (χ0n) is 15.8. The van der Waals surface area contributed by atoms with Crippen LogP contribution in [-0.2, 0) is 25.5 Å². The summed E-state index contributed by atoms with van der Waals surface area (Å²) in [7, 11) is 1.31. The quantitative estimate of drug-likeness (QED) is 0.700. The van der Waals surface area contributed by atoms with Crippen molar-refractivity contribution < 1.29 is 19.1 Å². The molecule has 2 rings (SSSR count). The fraction of sp³-hybridized carbons (Fsp3) is 0.579. The highest BCUT2D eigenvalue weighted by atomic mass is 35.5. The molecule has 1 amide bonds. The molecule has 3 N–H and O–H groups in total. The maximum absolute atomic E-state index is 12.8. The second kappa shape index (κ2) is 8.84. The molecule has 1 aromatic carbocycles. The van der Waals surface area contributed by atoms with E-state index in [1.165, 1.54) is 7.11 Å². The summed E-state index contributed by atoms with van der Waals surface area (Å²) in [6, 6.07) is 8.70. The summed E-state index contributed by atoms with van der Waals surface area (Å²) in [5.41, 5.74) is 5.73. The molecule has 7 heteroatoms. The number of nitrogens with two attached hydrogens (primary N) is 1. The van der Waals surface area contributed by atoms with E-state index in [-0.39, 0.29) is 24.4 Å². The second-order valence-corrected chi connectivity index (χ2v) is 7.08. The first-order valence-corrected chi connectivity index (χ1v) is 8.59. The Bertz CT molecular complexity index is 623. The summed E-state index contributed by atoms with van der Waals surface area (Å²) in [4.78, 5) is 24.9. The van der Waals surface area contributed by atoms with E-state index >= 15 is 0 Å². The van der Waals surface area contributed by atoms with E-state index in [0.717, 1.165) is 5.56 Å². The maximum atomic E-state index is 12.8. The molecular weight excluding hydrogens is 356 g/mol. The SMILES string of the molecule is CCOC1CC(N)(C(=O)NC(Cc2ccccc2)C(=O)OC)C1(C)C.Cl. The van der Waals surface area contributed by atoms with E-state index in [0.29, 0.717) is 19.4 Å². The minimum absolute atomic E-state index is 0. The van der Waals surface area contributed by atoms with E-state index in [1.54, 1.807) is 0 Å². The van der Waals surface area contributed by atoms with Gasteiger partial charge in [-0.2, -0.15) is 0 Å². The first-order chi connectivity index (χ1) is 11.8. The zero-order valence-corrected chi connectivity index (χ0v) is 16.6. The largest absolute Gasteiger partial charge is 0.467 e. The van der Waals surface area contributed by atoms with Gasteiger partial charge in [0.1, 0.15) is 11.6 Å². The van der Waals surface area contributed by atoms with E-state index < -0.39 is 23.0 Å². The van der Waals surface area contributed by atoms with Crippen molar-refractivity contribution >= 4 is 24.3 Å². The number of carbonyl (C=O) groups excluding carboxylic acids is 2. The topological polar surface area (TPSA) is 90.6 Å². The monoisotopic (exact) mass is 384 g/mol. The minimum Gasteiger partial charge on any atom is -0.467 e. The van der Waals surface area contributed by atoms with Gasteiger partial charge in [0, 0.05) is 24.9 Å². The molecular formula is C19H29ClN2O4. The fourth-order valence-electron chi connectivity index (χ4n) is 3.29. The van der Waals surface area contributed by atoms with Crippen LogP contribution in [0.3, 0.4) is 0 Å². The molecule has 1 saturated carbocycles. The molecule has 0 saturated heterocycles. The Labute approximate surface area is 161 Å². The molecule has 0 aromatic heterocycles. The number of nitrogens with one attached hydrogen (secondary N) is 1. The lowest BCUT2D eigenvalue weighted by Crippen LogP contribution is -2.76. The molecule has 3 unspecified atom stereocenters. The van der Waals surface area contributed by atoms with Gasteiger partial charge in [-0.3, -0.25) is 4.79 Å². The van der Waals surface area contributed by atoms with Crippen molar-refractivity contribution in [2.45, 2.75) is 51.3 Å². The van der Waals surface area contributed by atoms with Crippen LogP contribution in [-0.4, -0.2) is 43.3 Å². The molecule has 1 aliphatic rings. The Morgan fingerprint density at radius 2 is 1.92 bits per heavy atom. The van der Waals surface area contributed by atoms with Crippen LogP contribution in [0.1, 0.15) is 32.8 Å². The summed E-state index contributed by atoms with van der Waals surface area (Å²) in [5.74, 6) is -0.834. The molecule has 1 aromatic rings. The highest BCUT2D eigenvalue weighted by molar-refractivity contribution is 5.92. The van der Waals surface area contributed by atoms with Gasteiger partial charge < -0.3 is 20.5 Å². The summed E-state index contributed by atoms with van der Waals surface area (Å²) in [6.45, 7) is 6.33. The van der Waals surface area contributed by atoms with E-state index in [4.69, 9.17) is 15.2 Å². The number of amides is 1. The molecule has 6 nitrogen and oxygen atoms in total. The number of benzene rings is 1. The Morgan fingerprint density at radius 3 is 2.42 bits per heavy atom. The predicted octanol–water partition coefficient (Wildman–Crippen LogP) is 1.84. The van der Waals surface area contributed by atoms with Crippen LogP contribution in [0.25, 0.3) is 0 Å². The normalized spacial score (nSPS) is 24.6. The van der Waals surface area contributed by atoms with Crippen molar-refractivity contribution in [3.05, 3.63) is 35.9 Å². The van der Waals surface area contributed by atoms with E-state index in [1.807, 2.05) is 51.1 Å². The van der Waals surface area contributed by atoms with Crippen molar-refractivity contribution in [3.63, 3.8) is 0 Å². The van der Waals surface area contributed by atoms with Crippen LogP contribution in [0.15, 0.2) is 30.3 Å². The van der Waals surface area contributed by atoms with E-state index in [2.05, 4.69) is 5.32 Å². The molecule has 26 heavy (non-hydrogen) atoms. The average Bonchev–Trinajstić information content (AvgIpc) is 2.60. The number of ether oxygens (including phenoxy) is 2. The maximum Gasteiger partial charge on any atom is 0.328 e. The Kier molecular flexibility index (Phi) is 7.62. The number of halogens is 1. The Balaban J connectivity index is 0.00000338. The third kappa shape index (κ3) is 4.19. The highest BCUT2D eigenvalue weighted by Crippen LogP contribution is 2.49. The first kappa shape index (κ1) is 22.4. The Morgan fingerprint density at radius 1 is 1.31 bits per heavy atom. The van der Waals surface area contributed by atoms with Gasteiger partial charge in [0.05, 0.1) is 13.2 Å². The Hall–Kier alpha value is -1.63. The lowest BCUT2D eigenvalue weighted by atomic mass is 9.54. The van der Waals surface area contributed by atoms with Crippen molar-refractivity contribution in [1.82, 2.24) is 5.32 Å². The molecule has 0 heterocycles. The molecule has 0 spiro atoms. The van der Waals surface area contributed by atoms with Gasteiger partial charge in [0.15, 0.2) is 0 Å². The predicted molar refractivity (Wildman–Crippen MR) is 102 cm³/mol. The summed E-state index contributed by atoms with van der Waals surface area (Å²) in [5, 5.41) is 2.78. The smallest absolute Gasteiger partial charge is 0.328 e. The van der Waals surface area contributed by atoms with Crippen LogP contribution < -0.4 is 11.1 Å². The van der Waals surface area contributed by atoms with Gasteiger partial charge in [0.2, 0.25) is 5.91 Å². The van der Waals surface area contributed by atoms with Crippen LogP contribution in [0.2, 0.25) is 0 Å². The van der Waals surface area contributed by atoms with Crippen molar-refractivity contribution in [3.8, 4) is 0 Å². The molecule has 1 aliphatic carbocycles. The van der Waals surface area contributed by atoms with Gasteiger partial charge >= 0.3 is 5.97 Å². The minimum atomic E-state index is -1.07. The number of esters is 1. The summed E-state index contributed by atoms with van der Waals surface area (Å²) >= 11 is 0. The van der Waals surface area contributed by atoms with Crippen molar-refractivity contribution in [2.24, 2.45) is 11.1 Å². The number of carbonyl (C=O) groups is 2. The second-order valence-electron chi connectivity index (χ2n) is 7.08. The molecule has 1 fully saturated rings. The number of hydrogen-bond donors (Lipinski definition) is 2. The number of hydrogen-bond acceptors (Lipinski definition) is 5. The van der Waals surface area contributed by atoms with Gasteiger partial charge in [-0.15, -0.1) is 12.4 Å². The zero-order chi connectivity index (χ0) is 18.7. The van der Waals surface area contributed by atoms with Crippen LogP contribution in [0.4, 0.5) is 0 Å². The summed E-state index contributed by atoms with van der Waals surface area (Å²) in [6.07, 6.45) is 0.711. The third-order valence-electron chi connectivity index (χ3n) is 5.31. The molecule has 0 radical (unpaired) electrons. The summed E-state index contributed by atoms with van der Waals surface area (Å²) < 4.78 is 10.5. The first-order valence-electron chi connectivity index (χ1n) is 8.59. The van der Waals surface area contributed by atoms with Crippen LogP contribution in [0.5, 0.6) is 0 Å². The third-order valence-corrected chi connectivity index (χ3v) is 5.31. The van der Waals surface area contributed by atoms with E-state index in [9.17, 15) is 9.59 Å². The lowest BCUT2D eigenvalue weighted by Gasteiger charge is -2.57. The van der Waals surface area contributed by atoms with Gasteiger partial charge in [0.25, 0.3) is 0 Å². The lowest BCUT2D eigenvalue weighted by molar-refractivity contribution is -0.172. The number of methoxy groups -OCH3 is 1. The van der Waals surface area contributed by atoms with Gasteiger partial charge in [-0.05, 0) is 12.5 Å². The standard InChI is InChI=1S/C19H28N2O4.ClH/c1-5-25-15-12-19(20,18(15,2)3)17(23)21-14(16(22)24-4)11-13-9-7-6-8-10-13;/h6-10,14-15H,5,11-12,20H2,1-4H3,(H,21,23);1H. The van der Waals surface area contributed by atoms with Gasteiger partial charge in [-0.25, -0.2) is 4.79 Å². The molecule has 0 bridgehead atoms.